The van der Waals surface area contributed by atoms with E-state index in [0.29, 0.717) is 29.2 Å². The third-order valence-electron chi connectivity index (χ3n) is 6.73. The second kappa shape index (κ2) is 8.78. The van der Waals surface area contributed by atoms with Gasteiger partial charge in [0, 0.05) is 53.8 Å². The average Bonchev–Trinajstić information content (AvgIpc) is 3.28. The maximum Gasteiger partial charge on any atom is 0.256 e. The number of likely N-dealkylation sites (N-methyl/N-ethyl adjacent to an activating group) is 1. The molecule has 5 rings (SSSR count). The van der Waals surface area contributed by atoms with Gasteiger partial charge in [0.25, 0.3) is 11.8 Å². The summed E-state index contributed by atoms with van der Waals surface area (Å²) in [6, 6.07) is 13.4. The molecular formula is C27H27ClN4O2. The molecule has 7 heteroatoms. The Morgan fingerprint density at radius 3 is 2.53 bits per heavy atom. The van der Waals surface area contributed by atoms with Gasteiger partial charge in [0.1, 0.15) is 0 Å². The summed E-state index contributed by atoms with van der Waals surface area (Å²) in [7, 11) is 2.07. The standard InChI is InChI=1S/C27H27ClN4O2/c1-16-23(29-17(2)24(16)27(34)32-12-10-31(3)11-13-32)15-21-25-20(18-6-4-7-19(28)14-18)8-5-9-22(25)30-26(21)33/h4-9,14-15,29H,10-13H2,1-3H3,(H,30,33). The van der Waals surface area contributed by atoms with Crippen LogP contribution < -0.4 is 5.32 Å². The zero-order chi connectivity index (χ0) is 24.0. The predicted octanol–water partition coefficient (Wildman–Crippen LogP) is 4.83. The molecule has 0 saturated carbocycles. The highest BCUT2D eigenvalue weighted by atomic mass is 35.5. The Morgan fingerprint density at radius 1 is 1.06 bits per heavy atom. The van der Waals surface area contributed by atoms with Crippen LogP contribution in [0.1, 0.15) is 32.9 Å². The summed E-state index contributed by atoms with van der Waals surface area (Å²) in [6.45, 7) is 7.03. The number of nitrogens with one attached hydrogen (secondary N) is 2. The van der Waals surface area contributed by atoms with Crippen LogP contribution >= 0.6 is 11.6 Å². The molecule has 34 heavy (non-hydrogen) atoms. The van der Waals surface area contributed by atoms with E-state index < -0.39 is 0 Å². The highest BCUT2D eigenvalue weighted by Gasteiger charge is 2.29. The van der Waals surface area contributed by atoms with Crippen molar-refractivity contribution in [2.45, 2.75) is 13.8 Å². The summed E-state index contributed by atoms with van der Waals surface area (Å²) in [4.78, 5) is 33.8. The van der Waals surface area contributed by atoms with Gasteiger partial charge in [0.2, 0.25) is 0 Å². The number of amides is 2. The van der Waals surface area contributed by atoms with Crippen molar-refractivity contribution in [2.24, 2.45) is 0 Å². The van der Waals surface area contributed by atoms with E-state index in [0.717, 1.165) is 52.4 Å². The van der Waals surface area contributed by atoms with Crippen LogP contribution in [-0.4, -0.2) is 59.8 Å². The molecule has 0 radical (unpaired) electrons. The lowest BCUT2D eigenvalue weighted by Gasteiger charge is -2.32. The van der Waals surface area contributed by atoms with Crippen molar-refractivity contribution >= 4 is 40.8 Å². The van der Waals surface area contributed by atoms with Gasteiger partial charge in [-0.3, -0.25) is 9.59 Å². The monoisotopic (exact) mass is 474 g/mol. The van der Waals surface area contributed by atoms with Crippen LogP contribution in [0.5, 0.6) is 0 Å². The lowest BCUT2D eigenvalue weighted by molar-refractivity contribution is -0.110. The molecule has 2 amide bonds. The summed E-state index contributed by atoms with van der Waals surface area (Å²) >= 11 is 6.24. The van der Waals surface area contributed by atoms with Crippen molar-refractivity contribution in [1.29, 1.82) is 0 Å². The van der Waals surface area contributed by atoms with Crippen LogP contribution in [0, 0.1) is 13.8 Å². The van der Waals surface area contributed by atoms with Gasteiger partial charge in [0.05, 0.1) is 11.1 Å². The van der Waals surface area contributed by atoms with E-state index in [1.165, 1.54) is 0 Å². The first-order chi connectivity index (χ1) is 16.3. The maximum absolute atomic E-state index is 13.3. The minimum absolute atomic E-state index is 0.0416. The van der Waals surface area contributed by atoms with Gasteiger partial charge in [-0.1, -0.05) is 35.9 Å². The molecule has 1 fully saturated rings. The zero-order valence-electron chi connectivity index (χ0n) is 19.5. The fourth-order valence-electron chi connectivity index (χ4n) is 4.84. The van der Waals surface area contributed by atoms with Gasteiger partial charge in [-0.25, -0.2) is 0 Å². The van der Waals surface area contributed by atoms with Crippen molar-refractivity contribution in [3.05, 3.63) is 75.6 Å². The first kappa shape index (κ1) is 22.4. The smallest absolute Gasteiger partial charge is 0.256 e. The topological polar surface area (TPSA) is 68.4 Å². The first-order valence-electron chi connectivity index (χ1n) is 11.4. The second-order valence-electron chi connectivity index (χ2n) is 9.01. The van der Waals surface area contributed by atoms with Crippen LogP contribution in [0.3, 0.4) is 0 Å². The van der Waals surface area contributed by atoms with Gasteiger partial charge in [-0.2, -0.15) is 0 Å². The number of rotatable bonds is 3. The number of carbonyl (C=O) groups excluding carboxylic acids is 2. The quantitative estimate of drug-likeness (QED) is 0.534. The number of hydrogen-bond acceptors (Lipinski definition) is 3. The van der Waals surface area contributed by atoms with E-state index in [1.807, 2.05) is 67.3 Å². The molecule has 0 aliphatic carbocycles. The number of anilines is 1. The van der Waals surface area contributed by atoms with Crippen molar-refractivity contribution < 1.29 is 9.59 Å². The maximum atomic E-state index is 13.3. The Kier molecular flexibility index (Phi) is 5.80. The molecule has 3 heterocycles. The van der Waals surface area contributed by atoms with Gasteiger partial charge >= 0.3 is 0 Å². The molecule has 0 atom stereocenters. The molecule has 0 bridgehead atoms. The molecule has 2 aromatic carbocycles. The Hall–Kier alpha value is -3.35. The van der Waals surface area contributed by atoms with Crippen LogP contribution in [0.2, 0.25) is 5.02 Å². The summed E-state index contributed by atoms with van der Waals surface area (Å²) in [5.41, 5.74) is 7.18. The van der Waals surface area contributed by atoms with E-state index in [1.54, 1.807) is 0 Å². The van der Waals surface area contributed by atoms with E-state index in [9.17, 15) is 9.59 Å². The minimum atomic E-state index is -0.164. The largest absolute Gasteiger partial charge is 0.358 e. The van der Waals surface area contributed by atoms with Crippen LogP contribution in [0.25, 0.3) is 22.8 Å². The number of aryl methyl sites for hydroxylation is 1. The number of nitrogens with zero attached hydrogens (tertiary/aromatic N) is 2. The fourth-order valence-corrected chi connectivity index (χ4v) is 5.03. The molecule has 6 nitrogen and oxygen atoms in total. The summed E-state index contributed by atoms with van der Waals surface area (Å²) in [5.74, 6) is -0.122. The Morgan fingerprint density at radius 2 is 1.79 bits per heavy atom. The first-order valence-corrected chi connectivity index (χ1v) is 11.8. The lowest BCUT2D eigenvalue weighted by atomic mass is 9.94. The minimum Gasteiger partial charge on any atom is -0.358 e. The van der Waals surface area contributed by atoms with Crippen LogP contribution in [0.4, 0.5) is 5.69 Å². The Bertz CT molecular complexity index is 1330. The van der Waals surface area contributed by atoms with Gasteiger partial charge in [-0.15, -0.1) is 0 Å². The molecule has 2 aliphatic heterocycles. The normalized spacial score (nSPS) is 17.2. The highest BCUT2D eigenvalue weighted by Crippen LogP contribution is 2.41. The number of hydrogen-bond donors (Lipinski definition) is 2. The van der Waals surface area contributed by atoms with E-state index in [2.05, 4.69) is 22.2 Å². The zero-order valence-corrected chi connectivity index (χ0v) is 20.3. The number of benzene rings is 2. The molecule has 1 saturated heterocycles. The van der Waals surface area contributed by atoms with Crippen molar-refractivity contribution in [3.8, 4) is 11.1 Å². The van der Waals surface area contributed by atoms with E-state index >= 15 is 0 Å². The van der Waals surface area contributed by atoms with Gasteiger partial charge in [-0.05, 0) is 61.9 Å². The number of halogens is 1. The van der Waals surface area contributed by atoms with Crippen LogP contribution in [-0.2, 0) is 4.79 Å². The summed E-state index contributed by atoms with van der Waals surface area (Å²) in [6.07, 6.45) is 1.86. The summed E-state index contributed by atoms with van der Waals surface area (Å²) < 4.78 is 0. The molecule has 2 aliphatic rings. The van der Waals surface area contributed by atoms with Crippen molar-refractivity contribution in [3.63, 3.8) is 0 Å². The third-order valence-corrected chi connectivity index (χ3v) is 6.97. The third kappa shape index (κ3) is 3.93. The Labute approximate surface area is 204 Å². The van der Waals surface area contributed by atoms with Crippen molar-refractivity contribution in [2.75, 3.05) is 38.5 Å². The molecular weight excluding hydrogens is 448 g/mol. The molecule has 1 aromatic heterocycles. The fraction of sp³-hybridized carbons (Fsp3) is 0.259. The SMILES string of the molecule is Cc1[nH]c(C=C2C(=O)Nc3cccc(-c4cccc(Cl)c4)c32)c(C)c1C(=O)N1CCN(C)CC1. The number of aromatic nitrogens is 1. The number of carbonyl (C=O) groups is 2. The van der Waals surface area contributed by atoms with E-state index in [-0.39, 0.29) is 11.8 Å². The van der Waals surface area contributed by atoms with Gasteiger partial charge in [0.15, 0.2) is 0 Å². The number of H-pyrrole nitrogens is 1. The molecule has 2 N–H and O–H groups in total. The van der Waals surface area contributed by atoms with Crippen LogP contribution in [0.15, 0.2) is 42.5 Å². The molecule has 3 aromatic rings. The number of aromatic amines is 1. The van der Waals surface area contributed by atoms with Crippen molar-refractivity contribution in [1.82, 2.24) is 14.8 Å². The lowest BCUT2D eigenvalue weighted by Crippen LogP contribution is -2.47. The average molecular weight is 475 g/mol. The highest BCUT2D eigenvalue weighted by molar-refractivity contribution is 6.36. The predicted molar refractivity (Wildman–Crippen MR) is 137 cm³/mol. The second-order valence-corrected chi connectivity index (χ2v) is 9.45. The summed E-state index contributed by atoms with van der Waals surface area (Å²) in [5, 5.41) is 3.62. The molecule has 174 valence electrons. The van der Waals surface area contributed by atoms with Gasteiger partial charge < -0.3 is 20.1 Å². The Balaban J connectivity index is 1.56. The van der Waals surface area contributed by atoms with E-state index in [4.69, 9.17) is 11.6 Å². The molecule has 0 spiro atoms. The molecule has 0 unspecified atom stereocenters. The number of fused-ring (bicyclic) bond motifs is 1. The number of piperazine rings is 1.